The van der Waals surface area contributed by atoms with E-state index in [2.05, 4.69) is 0 Å². The number of aryl methyl sites for hydroxylation is 1. The molecule has 1 heterocycles. The van der Waals surface area contributed by atoms with Crippen LogP contribution < -0.4 is 14.5 Å². The molecule has 3 rings (SSSR count). The van der Waals surface area contributed by atoms with E-state index < -0.39 is 6.10 Å². The van der Waals surface area contributed by atoms with Crippen molar-refractivity contribution in [2.45, 2.75) is 26.4 Å². The summed E-state index contributed by atoms with van der Waals surface area (Å²) in [6.45, 7) is 4.05. The lowest BCUT2D eigenvalue weighted by molar-refractivity contribution is -0.125. The topological polar surface area (TPSA) is 49.9 Å². The van der Waals surface area contributed by atoms with Crippen LogP contribution in [0.2, 0.25) is 0 Å². The molecule has 0 aliphatic carbocycles. The number of amides is 2. The molecule has 1 atom stereocenters. The average molecular weight is 338 g/mol. The van der Waals surface area contributed by atoms with Gasteiger partial charge in [0.2, 0.25) is 5.91 Å². The number of carbonyl (C=O) groups excluding carboxylic acids is 2. The molecule has 0 N–H and O–H groups in total. The average Bonchev–Trinajstić information content (AvgIpc) is 2.61. The van der Waals surface area contributed by atoms with Crippen molar-refractivity contribution in [3.8, 4) is 5.75 Å². The molecule has 0 bridgehead atoms. The largest absolute Gasteiger partial charge is 0.479 e. The summed E-state index contributed by atoms with van der Waals surface area (Å²) < 4.78 is 5.62. The van der Waals surface area contributed by atoms with E-state index in [0.717, 1.165) is 16.9 Å². The Morgan fingerprint density at radius 2 is 1.96 bits per heavy atom. The van der Waals surface area contributed by atoms with Crippen LogP contribution in [-0.2, 0) is 9.59 Å². The molecule has 0 spiro atoms. The van der Waals surface area contributed by atoms with Crippen molar-refractivity contribution in [2.75, 3.05) is 23.4 Å². The van der Waals surface area contributed by atoms with Gasteiger partial charge in [0.1, 0.15) is 5.75 Å². The molecule has 25 heavy (non-hydrogen) atoms. The minimum atomic E-state index is -0.542. The summed E-state index contributed by atoms with van der Waals surface area (Å²) in [5.41, 5.74) is 2.67. The van der Waals surface area contributed by atoms with Crippen LogP contribution in [0.5, 0.6) is 5.75 Å². The van der Waals surface area contributed by atoms with Crippen LogP contribution in [0.3, 0.4) is 0 Å². The van der Waals surface area contributed by atoms with Crippen LogP contribution in [-0.4, -0.2) is 31.5 Å². The first kappa shape index (κ1) is 17.0. The molecule has 2 aromatic carbocycles. The van der Waals surface area contributed by atoms with Gasteiger partial charge in [-0.15, -0.1) is 0 Å². The van der Waals surface area contributed by atoms with Crippen LogP contribution in [0, 0.1) is 6.92 Å². The highest BCUT2D eigenvalue weighted by Gasteiger charge is 2.31. The molecule has 0 aromatic heterocycles. The first-order valence-corrected chi connectivity index (χ1v) is 8.37. The van der Waals surface area contributed by atoms with Crippen LogP contribution in [0.1, 0.15) is 18.9 Å². The van der Waals surface area contributed by atoms with E-state index in [9.17, 15) is 9.59 Å². The van der Waals surface area contributed by atoms with Gasteiger partial charge in [0.25, 0.3) is 5.91 Å². The highest BCUT2D eigenvalue weighted by Crippen LogP contribution is 2.33. The highest BCUT2D eigenvalue weighted by atomic mass is 16.5. The second kappa shape index (κ2) is 6.97. The number of fused-ring (bicyclic) bond motifs is 1. The molecule has 130 valence electrons. The Hall–Kier alpha value is -2.82. The zero-order valence-electron chi connectivity index (χ0n) is 14.7. The fourth-order valence-electron chi connectivity index (χ4n) is 2.95. The van der Waals surface area contributed by atoms with E-state index in [0.29, 0.717) is 12.3 Å². The SMILES string of the molecule is Cc1cccc(N(C)C(=O)CCN2C(=O)C(C)Oc3ccccc32)c1. The predicted octanol–water partition coefficient (Wildman–Crippen LogP) is 3.16. The number of benzene rings is 2. The first-order valence-electron chi connectivity index (χ1n) is 8.37. The lowest BCUT2D eigenvalue weighted by Crippen LogP contribution is -2.45. The lowest BCUT2D eigenvalue weighted by atomic mass is 10.1. The van der Waals surface area contributed by atoms with Crippen molar-refractivity contribution in [3.63, 3.8) is 0 Å². The number of para-hydroxylation sites is 2. The van der Waals surface area contributed by atoms with Gasteiger partial charge in [-0.1, -0.05) is 24.3 Å². The Morgan fingerprint density at radius 3 is 2.72 bits per heavy atom. The van der Waals surface area contributed by atoms with Crippen LogP contribution in [0.25, 0.3) is 0 Å². The van der Waals surface area contributed by atoms with Gasteiger partial charge in [0.15, 0.2) is 6.10 Å². The van der Waals surface area contributed by atoms with Crippen molar-refractivity contribution >= 4 is 23.2 Å². The maximum absolute atomic E-state index is 12.6. The number of anilines is 2. The second-order valence-corrected chi connectivity index (χ2v) is 6.26. The molecule has 0 saturated heterocycles. The Balaban J connectivity index is 1.72. The van der Waals surface area contributed by atoms with E-state index in [1.807, 2.05) is 55.5 Å². The predicted molar refractivity (Wildman–Crippen MR) is 98.1 cm³/mol. The standard InChI is InChI=1S/C20H22N2O3/c1-14-7-6-8-16(13-14)21(3)19(23)11-12-22-17-9-4-5-10-18(17)25-15(2)20(22)24/h4-10,13,15H,11-12H2,1-3H3. The van der Waals surface area contributed by atoms with Gasteiger partial charge in [-0.2, -0.15) is 0 Å². The summed E-state index contributed by atoms with van der Waals surface area (Å²) >= 11 is 0. The third-order valence-corrected chi connectivity index (χ3v) is 4.39. The minimum absolute atomic E-state index is 0.0324. The normalized spacial score (nSPS) is 16.2. The van der Waals surface area contributed by atoms with Crippen LogP contribution in [0.15, 0.2) is 48.5 Å². The molecular formula is C20H22N2O3. The summed E-state index contributed by atoms with van der Waals surface area (Å²) in [6, 6.07) is 15.2. The van der Waals surface area contributed by atoms with Crippen LogP contribution in [0.4, 0.5) is 11.4 Å². The maximum atomic E-state index is 12.6. The van der Waals surface area contributed by atoms with E-state index in [1.54, 1.807) is 23.8 Å². The molecule has 1 aliphatic rings. The third-order valence-electron chi connectivity index (χ3n) is 4.39. The van der Waals surface area contributed by atoms with Crippen molar-refractivity contribution in [1.82, 2.24) is 0 Å². The van der Waals surface area contributed by atoms with Gasteiger partial charge in [-0.05, 0) is 43.7 Å². The summed E-state index contributed by atoms with van der Waals surface area (Å²) in [6.07, 6.45) is -0.295. The van der Waals surface area contributed by atoms with Crippen molar-refractivity contribution in [2.24, 2.45) is 0 Å². The van der Waals surface area contributed by atoms with Gasteiger partial charge >= 0.3 is 0 Å². The molecular weight excluding hydrogens is 316 g/mol. The van der Waals surface area contributed by atoms with Gasteiger partial charge < -0.3 is 14.5 Å². The molecule has 2 amide bonds. The number of hydrogen-bond donors (Lipinski definition) is 0. The summed E-state index contributed by atoms with van der Waals surface area (Å²) in [5, 5.41) is 0. The fourth-order valence-corrected chi connectivity index (χ4v) is 2.95. The molecule has 1 aliphatic heterocycles. The summed E-state index contributed by atoms with van der Waals surface area (Å²) in [4.78, 5) is 28.3. The van der Waals surface area contributed by atoms with Gasteiger partial charge in [-0.25, -0.2) is 0 Å². The van der Waals surface area contributed by atoms with Crippen LogP contribution >= 0.6 is 0 Å². The van der Waals surface area contributed by atoms with Gasteiger partial charge in [0, 0.05) is 25.7 Å². The van der Waals surface area contributed by atoms with Crippen molar-refractivity contribution in [3.05, 3.63) is 54.1 Å². The number of hydrogen-bond acceptors (Lipinski definition) is 3. The van der Waals surface area contributed by atoms with Gasteiger partial charge in [0.05, 0.1) is 5.69 Å². The fraction of sp³-hybridized carbons (Fsp3) is 0.300. The first-order chi connectivity index (χ1) is 12.0. The summed E-state index contributed by atoms with van der Waals surface area (Å²) in [5.74, 6) is 0.522. The quantitative estimate of drug-likeness (QED) is 0.860. The smallest absolute Gasteiger partial charge is 0.267 e. The Kier molecular flexibility index (Phi) is 4.74. The summed E-state index contributed by atoms with van der Waals surface area (Å²) in [7, 11) is 1.76. The molecule has 2 aromatic rings. The molecule has 5 nitrogen and oxygen atoms in total. The zero-order chi connectivity index (χ0) is 18.0. The molecule has 0 radical (unpaired) electrons. The van der Waals surface area contributed by atoms with Crippen molar-refractivity contribution in [1.29, 1.82) is 0 Å². The van der Waals surface area contributed by atoms with E-state index >= 15 is 0 Å². The van der Waals surface area contributed by atoms with Crippen molar-refractivity contribution < 1.29 is 14.3 Å². The molecule has 5 heteroatoms. The zero-order valence-corrected chi connectivity index (χ0v) is 14.7. The van der Waals surface area contributed by atoms with E-state index in [4.69, 9.17) is 4.74 Å². The lowest BCUT2D eigenvalue weighted by Gasteiger charge is -2.33. The highest BCUT2D eigenvalue weighted by molar-refractivity contribution is 6.01. The Labute approximate surface area is 147 Å². The number of rotatable bonds is 4. The third kappa shape index (κ3) is 3.50. The second-order valence-electron chi connectivity index (χ2n) is 6.26. The number of carbonyl (C=O) groups is 2. The minimum Gasteiger partial charge on any atom is -0.479 e. The molecule has 0 fully saturated rings. The monoisotopic (exact) mass is 338 g/mol. The molecule has 0 saturated carbocycles. The Bertz CT molecular complexity index is 803. The number of nitrogens with zero attached hydrogens (tertiary/aromatic N) is 2. The maximum Gasteiger partial charge on any atom is 0.267 e. The number of ether oxygens (including phenoxy) is 1. The van der Waals surface area contributed by atoms with E-state index in [-0.39, 0.29) is 18.2 Å². The van der Waals surface area contributed by atoms with E-state index in [1.165, 1.54) is 0 Å². The molecule has 1 unspecified atom stereocenters. The van der Waals surface area contributed by atoms with Gasteiger partial charge in [-0.3, -0.25) is 9.59 Å². The Morgan fingerprint density at radius 1 is 1.20 bits per heavy atom.